The first-order valence-corrected chi connectivity index (χ1v) is 10.3. The Morgan fingerprint density at radius 2 is 1.83 bits per heavy atom. The van der Waals surface area contributed by atoms with Crippen molar-refractivity contribution in [2.75, 3.05) is 13.2 Å². The largest absolute Gasteiger partial charge is 0.504 e. The van der Waals surface area contributed by atoms with Crippen molar-refractivity contribution >= 4 is 11.8 Å². The van der Waals surface area contributed by atoms with Crippen LogP contribution in [0.2, 0.25) is 0 Å². The predicted octanol–water partition coefficient (Wildman–Crippen LogP) is 1.18. The van der Waals surface area contributed by atoms with Crippen LogP contribution < -0.4 is 0 Å². The van der Waals surface area contributed by atoms with Gasteiger partial charge in [0.15, 0.2) is 17.0 Å². The second kappa shape index (κ2) is 5.81. The van der Waals surface area contributed by atoms with Crippen LogP contribution in [0.5, 0.6) is 0 Å². The summed E-state index contributed by atoms with van der Waals surface area (Å²) >= 11 is 0. The lowest BCUT2D eigenvalue weighted by Gasteiger charge is -2.62. The number of ether oxygens (including phenoxy) is 3. The van der Waals surface area contributed by atoms with Gasteiger partial charge >= 0.3 is 5.97 Å². The molecule has 3 N–H and O–H groups in total. The molecule has 1 saturated heterocycles. The first-order valence-electron chi connectivity index (χ1n) is 10.3. The molecule has 0 aromatic carbocycles. The monoisotopic (exact) mass is 410 g/mol. The molecule has 162 valence electrons. The molecule has 7 atom stereocenters. The average molecular weight is 410 g/mol. The molecule has 0 amide bonds. The van der Waals surface area contributed by atoms with Gasteiger partial charge in [-0.25, -0.2) is 0 Å². The third kappa shape index (κ3) is 1.71. The summed E-state index contributed by atoms with van der Waals surface area (Å²) in [6.07, 6.45) is -0.174. The number of fused-ring (bicyclic) bond motifs is 2. The van der Waals surface area contributed by atoms with E-state index in [0.29, 0.717) is 12.8 Å². The number of rotatable bonds is 4. The fourth-order valence-corrected chi connectivity index (χ4v) is 7.06. The molecule has 2 bridgehead atoms. The van der Waals surface area contributed by atoms with Gasteiger partial charge in [-0.15, -0.1) is 0 Å². The van der Waals surface area contributed by atoms with E-state index in [9.17, 15) is 24.9 Å². The molecule has 4 rings (SSSR count). The fraction of sp³-hybridized carbons (Fsp3) is 0.810. The summed E-state index contributed by atoms with van der Waals surface area (Å²) in [7, 11) is 0. The van der Waals surface area contributed by atoms with E-state index in [1.807, 2.05) is 6.92 Å². The number of Topliss-reactive ketones (excluding diaryl/α,β-unsaturated/α-hetero) is 1. The summed E-state index contributed by atoms with van der Waals surface area (Å²) in [5, 5.41) is 34.7. The Kier molecular flexibility index (Phi) is 4.16. The van der Waals surface area contributed by atoms with E-state index >= 15 is 0 Å². The first-order chi connectivity index (χ1) is 13.5. The summed E-state index contributed by atoms with van der Waals surface area (Å²) in [6, 6.07) is 0. The van der Waals surface area contributed by atoms with Crippen LogP contribution >= 0.6 is 0 Å². The number of esters is 1. The maximum absolute atomic E-state index is 13.2. The normalized spacial score (nSPS) is 51.1. The van der Waals surface area contributed by atoms with Crippen LogP contribution in [0, 0.1) is 11.3 Å². The minimum atomic E-state index is -2.49. The molecule has 0 aromatic heterocycles. The molecule has 0 aromatic rings. The van der Waals surface area contributed by atoms with Gasteiger partial charge in [0.2, 0.25) is 11.4 Å². The molecule has 2 saturated carbocycles. The van der Waals surface area contributed by atoms with Crippen molar-refractivity contribution in [3.63, 3.8) is 0 Å². The van der Waals surface area contributed by atoms with E-state index < -0.39 is 51.4 Å². The number of hydrogen-bond acceptors (Lipinski definition) is 8. The molecule has 29 heavy (non-hydrogen) atoms. The molecular formula is C21H30O8. The van der Waals surface area contributed by atoms with E-state index in [-0.39, 0.29) is 31.1 Å². The summed E-state index contributed by atoms with van der Waals surface area (Å²) in [4.78, 5) is 26.1. The van der Waals surface area contributed by atoms with E-state index in [2.05, 4.69) is 0 Å². The number of ketones is 1. The van der Waals surface area contributed by atoms with Gasteiger partial charge in [0.1, 0.15) is 11.7 Å². The number of carbonyl (C=O) groups is 2. The lowest BCUT2D eigenvalue weighted by atomic mass is 9.55. The number of carbonyl (C=O) groups excluding carboxylic acids is 2. The summed E-state index contributed by atoms with van der Waals surface area (Å²) in [6.45, 7) is 8.94. The van der Waals surface area contributed by atoms with Crippen LogP contribution in [-0.4, -0.2) is 68.8 Å². The topological polar surface area (TPSA) is 123 Å². The molecule has 3 fully saturated rings. The van der Waals surface area contributed by atoms with E-state index in [1.54, 1.807) is 20.8 Å². The SMILES string of the molecule is CCOC1C(C)CC[C@@]2(OCC)C13OC(=O)C[C@]2(C)C1(O)C(=O)C(O)=C(C)C13O. The van der Waals surface area contributed by atoms with Crippen molar-refractivity contribution in [1.29, 1.82) is 0 Å². The summed E-state index contributed by atoms with van der Waals surface area (Å²) in [5.74, 6) is -2.50. The Hall–Kier alpha value is -1.48. The maximum atomic E-state index is 13.2. The molecule has 1 heterocycles. The van der Waals surface area contributed by atoms with Crippen LogP contribution in [0.3, 0.4) is 0 Å². The smallest absolute Gasteiger partial charge is 0.307 e. The van der Waals surface area contributed by atoms with Crippen LogP contribution in [0.15, 0.2) is 11.3 Å². The van der Waals surface area contributed by atoms with Crippen molar-refractivity contribution in [3.8, 4) is 0 Å². The predicted molar refractivity (Wildman–Crippen MR) is 100.0 cm³/mol. The lowest BCUT2D eigenvalue weighted by molar-refractivity contribution is -0.325. The van der Waals surface area contributed by atoms with Crippen LogP contribution in [0.4, 0.5) is 0 Å². The molecular weight excluding hydrogens is 380 g/mol. The molecule has 8 nitrogen and oxygen atoms in total. The van der Waals surface area contributed by atoms with Crippen LogP contribution in [0.25, 0.3) is 0 Å². The second-order valence-corrected chi connectivity index (χ2v) is 9.09. The van der Waals surface area contributed by atoms with Gasteiger partial charge in [-0.3, -0.25) is 9.59 Å². The van der Waals surface area contributed by atoms with Crippen LogP contribution in [0.1, 0.15) is 53.9 Å². The second-order valence-electron chi connectivity index (χ2n) is 9.09. The zero-order chi connectivity index (χ0) is 21.6. The van der Waals surface area contributed by atoms with Crippen molar-refractivity contribution in [2.24, 2.45) is 11.3 Å². The molecule has 0 radical (unpaired) electrons. The molecule has 4 aliphatic rings. The third-order valence-electron chi connectivity index (χ3n) is 8.17. The number of hydrogen-bond donors (Lipinski definition) is 3. The van der Waals surface area contributed by atoms with E-state index in [1.165, 1.54) is 6.92 Å². The number of aliphatic hydroxyl groups is 3. The summed E-state index contributed by atoms with van der Waals surface area (Å²) in [5.41, 5.74) is -9.77. The van der Waals surface area contributed by atoms with E-state index in [0.717, 1.165) is 0 Å². The zero-order valence-electron chi connectivity index (χ0n) is 17.6. The number of aliphatic hydroxyl groups excluding tert-OH is 1. The Labute approximate surface area is 169 Å². The van der Waals surface area contributed by atoms with E-state index in [4.69, 9.17) is 14.2 Å². The zero-order valence-corrected chi connectivity index (χ0v) is 17.6. The Balaban J connectivity index is 2.17. The average Bonchev–Trinajstić information content (AvgIpc) is 2.83. The van der Waals surface area contributed by atoms with Crippen molar-refractivity contribution in [2.45, 2.75) is 82.4 Å². The van der Waals surface area contributed by atoms with Gasteiger partial charge in [0, 0.05) is 18.8 Å². The third-order valence-corrected chi connectivity index (χ3v) is 8.17. The maximum Gasteiger partial charge on any atom is 0.307 e. The molecule has 8 heteroatoms. The Morgan fingerprint density at radius 3 is 2.41 bits per heavy atom. The molecule has 5 unspecified atom stereocenters. The van der Waals surface area contributed by atoms with Gasteiger partial charge in [-0.05, 0) is 39.5 Å². The first kappa shape index (κ1) is 20.8. The van der Waals surface area contributed by atoms with Gasteiger partial charge in [-0.1, -0.05) is 13.8 Å². The minimum absolute atomic E-state index is 0.119. The lowest BCUT2D eigenvalue weighted by Crippen LogP contribution is -2.78. The summed E-state index contributed by atoms with van der Waals surface area (Å²) < 4.78 is 18.3. The van der Waals surface area contributed by atoms with Gasteiger partial charge < -0.3 is 29.5 Å². The minimum Gasteiger partial charge on any atom is -0.504 e. The van der Waals surface area contributed by atoms with Crippen molar-refractivity contribution in [3.05, 3.63) is 11.3 Å². The van der Waals surface area contributed by atoms with Gasteiger partial charge in [0.25, 0.3) is 0 Å². The van der Waals surface area contributed by atoms with Crippen LogP contribution in [-0.2, 0) is 23.8 Å². The fourth-order valence-electron chi connectivity index (χ4n) is 7.06. The quantitative estimate of drug-likeness (QED) is 0.591. The van der Waals surface area contributed by atoms with Gasteiger partial charge in [0.05, 0.1) is 11.8 Å². The Morgan fingerprint density at radius 1 is 1.17 bits per heavy atom. The molecule has 0 spiro atoms. The molecule has 3 aliphatic carbocycles. The van der Waals surface area contributed by atoms with Gasteiger partial charge in [-0.2, -0.15) is 0 Å². The van der Waals surface area contributed by atoms with Crippen molar-refractivity contribution < 1.29 is 39.1 Å². The highest BCUT2D eigenvalue weighted by molar-refractivity contribution is 6.08. The standard InChI is InChI=1S/C21H30O8/c1-6-27-16-11(3)8-9-18(28-7-2)17(5)10-13(22)29-21(16,18)19(25)12(4)14(23)15(24)20(17,19)26/h11,16,23,25-26H,6-10H2,1-5H3/t11?,16?,17-,18-,19?,20?,21?/m0/s1. The highest BCUT2D eigenvalue weighted by Crippen LogP contribution is 2.77. The highest BCUT2D eigenvalue weighted by atomic mass is 16.6. The van der Waals surface area contributed by atoms with Crippen molar-refractivity contribution in [1.82, 2.24) is 0 Å². The Bertz CT molecular complexity index is 821. The molecule has 1 aliphatic heterocycles. The highest BCUT2D eigenvalue weighted by Gasteiger charge is 2.97.